The molecule has 3 heteroatoms. The lowest BCUT2D eigenvalue weighted by Crippen LogP contribution is -2.36. The first-order valence-electron chi connectivity index (χ1n) is 6.12. The van der Waals surface area contributed by atoms with E-state index >= 15 is 0 Å². The zero-order valence-corrected chi connectivity index (χ0v) is 9.82. The van der Waals surface area contributed by atoms with E-state index in [1.807, 2.05) is 30.3 Å². The molecular weight excluding hydrogens is 214 g/mol. The molecule has 1 aromatic rings. The van der Waals surface area contributed by atoms with Gasteiger partial charge in [-0.15, -0.1) is 0 Å². The van der Waals surface area contributed by atoms with Gasteiger partial charge in [0, 0.05) is 13.0 Å². The van der Waals surface area contributed by atoms with Crippen LogP contribution in [0.2, 0.25) is 0 Å². The summed E-state index contributed by atoms with van der Waals surface area (Å²) < 4.78 is 0. The fourth-order valence-electron chi connectivity index (χ4n) is 2.17. The van der Waals surface area contributed by atoms with Crippen molar-refractivity contribution in [1.82, 2.24) is 5.32 Å². The highest BCUT2D eigenvalue weighted by Crippen LogP contribution is 2.20. The van der Waals surface area contributed by atoms with Crippen molar-refractivity contribution >= 4 is 11.7 Å². The van der Waals surface area contributed by atoms with Crippen molar-refractivity contribution in [1.29, 1.82) is 0 Å². The Morgan fingerprint density at radius 1 is 1.24 bits per heavy atom. The second-order valence-electron chi connectivity index (χ2n) is 4.47. The van der Waals surface area contributed by atoms with Gasteiger partial charge < -0.3 is 5.32 Å². The average Bonchev–Trinajstić information content (AvgIpc) is 2.38. The van der Waals surface area contributed by atoms with Crippen molar-refractivity contribution in [2.75, 3.05) is 0 Å². The van der Waals surface area contributed by atoms with Crippen LogP contribution in [0, 0.1) is 5.92 Å². The topological polar surface area (TPSA) is 46.2 Å². The first-order chi connectivity index (χ1) is 8.27. The van der Waals surface area contributed by atoms with Crippen LogP contribution in [0.15, 0.2) is 30.3 Å². The third-order valence-electron chi connectivity index (χ3n) is 3.18. The van der Waals surface area contributed by atoms with Crippen LogP contribution in [-0.4, -0.2) is 11.7 Å². The van der Waals surface area contributed by atoms with E-state index in [1.165, 1.54) is 0 Å². The Kier molecular flexibility index (Phi) is 3.91. The van der Waals surface area contributed by atoms with Crippen molar-refractivity contribution in [2.24, 2.45) is 5.92 Å². The first kappa shape index (κ1) is 11.8. The van der Waals surface area contributed by atoms with E-state index in [1.54, 1.807) is 0 Å². The minimum atomic E-state index is -0.410. The molecule has 0 bridgehead atoms. The predicted octanol–water partition coefficient (Wildman–Crippen LogP) is 2.06. The maximum Gasteiger partial charge on any atom is 0.230 e. The fourth-order valence-corrected chi connectivity index (χ4v) is 2.17. The van der Waals surface area contributed by atoms with Gasteiger partial charge in [0.15, 0.2) is 0 Å². The molecule has 3 nitrogen and oxygen atoms in total. The molecule has 1 aliphatic carbocycles. The Morgan fingerprint density at radius 2 is 2.00 bits per heavy atom. The van der Waals surface area contributed by atoms with Gasteiger partial charge in [-0.05, 0) is 18.4 Å². The van der Waals surface area contributed by atoms with Crippen molar-refractivity contribution in [3.05, 3.63) is 35.9 Å². The number of nitrogens with one attached hydrogen (secondary N) is 1. The summed E-state index contributed by atoms with van der Waals surface area (Å²) >= 11 is 0. The van der Waals surface area contributed by atoms with Crippen molar-refractivity contribution in [2.45, 2.75) is 32.2 Å². The predicted molar refractivity (Wildman–Crippen MR) is 65.3 cm³/mol. The van der Waals surface area contributed by atoms with Crippen LogP contribution in [0.5, 0.6) is 0 Å². The van der Waals surface area contributed by atoms with Crippen molar-refractivity contribution in [3.8, 4) is 0 Å². The van der Waals surface area contributed by atoms with Gasteiger partial charge in [-0.2, -0.15) is 0 Å². The van der Waals surface area contributed by atoms with Crippen LogP contribution >= 0.6 is 0 Å². The Balaban J connectivity index is 1.87. The minimum Gasteiger partial charge on any atom is -0.351 e. The smallest absolute Gasteiger partial charge is 0.230 e. The Hall–Kier alpha value is -1.64. The van der Waals surface area contributed by atoms with Crippen LogP contribution in [-0.2, 0) is 16.1 Å². The molecule has 1 atom stereocenters. The molecule has 0 saturated heterocycles. The molecule has 1 aliphatic rings. The normalized spacial score (nSPS) is 20.0. The summed E-state index contributed by atoms with van der Waals surface area (Å²) in [4.78, 5) is 23.4. The lowest BCUT2D eigenvalue weighted by atomic mass is 9.87. The monoisotopic (exact) mass is 231 g/mol. The molecule has 1 saturated carbocycles. The number of Topliss-reactive ketones (excluding diaryl/α,β-unsaturated/α-hetero) is 1. The van der Waals surface area contributed by atoms with E-state index < -0.39 is 5.92 Å². The van der Waals surface area contributed by atoms with Crippen LogP contribution < -0.4 is 5.32 Å². The molecule has 0 heterocycles. The minimum absolute atomic E-state index is 0.0989. The van der Waals surface area contributed by atoms with Crippen molar-refractivity contribution in [3.63, 3.8) is 0 Å². The van der Waals surface area contributed by atoms with Gasteiger partial charge in [-0.3, -0.25) is 9.59 Å². The highest BCUT2D eigenvalue weighted by Gasteiger charge is 2.28. The van der Waals surface area contributed by atoms with Crippen molar-refractivity contribution < 1.29 is 9.59 Å². The van der Waals surface area contributed by atoms with Crippen LogP contribution in [0.25, 0.3) is 0 Å². The second-order valence-corrected chi connectivity index (χ2v) is 4.47. The largest absolute Gasteiger partial charge is 0.351 e. The van der Waals surface area contributed by atoms with Gasteiger partial charge in [-0.1, -0.05) is 36.8 Å². The Bertz CT molecular complexity index is 400. The maximum absolute atomic E-state index is 11.8. The summed E-state index contributed by atoms with van der Waals surface area (Å²) in [7, 11) is 0. The molecule has 0 aliphatic heterocycles. The summed E-state index contributed by atoms with van der Waals surface area (Å²) in [5.41, 5.74) is 1.06. The number of carbonyl (C=O) groups excluding carboxylic acids is 2. The number of benzene rings is 1. The molecule has 1 N–H and O–H groups in total. The van der Waals surface area contributed by atoms with Gasteiger partial charge in [-0.25, -0.2) is 0 Å². The summed E-state index contributed by atoms with van der Waals surface area (Å²) in [6, 6.07) is 9.74. The van der Waals surface area contributed by atoms with E-state index in [2.05, 4.69) is 5.32 Å². The number of ketones is 1. The molecule has 1 fully saturated rings. The maximum atomic E-state index is 11.8. The third kappa shape index (κ3) is 3.16. The summed E-state index contributed by atoms with van der Waals surface area (Å²) in [5, 5.41) is 2.84. The standard InChI is InChI=1S/C14H17NO2/c16-13-9-5-4-8-12(13)14(17)15-10-11-6-2-1-3-7-11/h1-3,6-7,12H,4-5,8-10H2,(H,15,17). The van der Waals surface area contributed by atoms with E-state index in [4.69, 9.17) is 0 Å². The first-order valence-corrected chi connectivity index (χ1v) is 6.12. The third-order valence-corrected chi connectivity index (χ3v) is 3.18. The van der Waals surface area contributed by atoms with Gasteiger partial charge >= 0.3 is 0 Å². The summed E-state index contributed by atoms with van der Waals surface area (Å²) in [6.45, 7) is 0.503. The molecule has 1 amide bonds. The van der Waals surface area contributed by atoms with E-state index in [0.29, 0.717) is 19.4 Å². The molecule has 0 aromatic heterocycles. The van der Waals surface area contributed by atoms with Gasteiger partial charge in [0.25, 0.3) is 0 Å². The Morgan fingerprint density at radius 3 is 2.71 bits per heavy atom. The van der Waals surface area contributed by atoms with Gasteiger partial charge in [0.2, 0.25) is 5.91 Å². The summed E-state index contributed by atoms with van der Waals surface area (Å²) in [5.74, 6) is -0.423. The molecule has 0 radical (unpaired) electrons. The van der Waals surface area contributed by atoms with Crippen LogP contribution in [0.4, 0.5) is 0 Å². The molecular formula is C14H17NO2. The summed E-state index contributed by atoms with van der Waals surface area (Å²) in [6.07, 6.45) is 3.18. The number of hydrogen-bond donors (Lipinski definition) is 1. The zero-order valence-electron chi connectivity index (χ0n) is 9.82. The van der Waals surface area contributed by atoms with E-state index in [9.17, 15) is 9.59 Å². The lowest BCUT2D eigenvalue weighted by Gasteiger charge is -2.19. The number of carbonyl (C=O) groups is 2. The highest BCUT2D eigenvalue weighted by atomic mass is 16.2. The number of hydrogen-bond acceptors (Lipinski definition) is 2. The molecule has 17 heavy (non-hydrogen) atoms. The average molecular weight is 231 g/mol. The van der Waals surface area contributed by atoms with E-state index in [-0.39, 0.29) is 11.7 Å². The second kappa shape index (κ2) is 5.62. The quantitative estimate of drug-likeness (QED) is 0.809. The SMILES string of the molecule is O=C1CCCCC1C(=O)NCc1ccccc1. The van der Waals surface area contributed by atoms with Gasteiger partial charge in [0.05, 0.1) is 5.92 Å². The van der Waals surface area contributed by atoms with E-state index in [0.717, 1.165) is 18.4 Å². The Labute approximate surface area is 101 Å². The molecule has 0 spiro atoms. The number of rotatable bonds is 3. The lowest BCUT2D eigenvalue weighted by molar-refractivity contribution is -0.135. The fraction of sp³-hybridized carbons (Fsp3) is 0.429. The molecule has 2 rings (SSSR count). The number of amides is 1. The molecule has 1 aromatic carbocycles. The zero-order chi connectivity index (χ0) is 12.1. The highest BCUT2D eigenvalue weighted by molar-refractivity contribution is 6.01. The van der Waals surface area contributed by atoms with Crippen LogP contribution in [0.1, 0.15) is 31.2 Å². The van der Waals surface area contributed by atoms with Gasteiger partial charge in [0.1, 0.15) is 5.78 Å². The molecule has 90 valence electrons. The molecule has 1 unspecified atom stereocenters. The van der Waals surface area contributed by atoms with Crippen LogP contribution in [0.3, 0.4) is 0 Å².